The summed E-state index contributed by atoms with van der Waals surface area (Å²) < 4.78 is 50.1. The maximum atomic E-state index is 12.8. The van der Waals surface area contributed by atoms with E-state index in [0.29, 0.717) is 18.8 Å². The van der Waals surface area contributed by atoms with Crippen LogP contribution >= 0.6 is 0 Å². The molecule has 0 unspecified atom stereocenters. The van der Waals surface area contributed by atoms with Crippen LogP contribution in [0.5, 0.6) is 11.5 Å². The molecule has 0 aliphatic carbocycles. The van der Waals surface area contributed by atoms with Crippen molar-refractivity contribution >= 4 is 15.7 Å². The normalized spacial score (nSPS) is 14.8. The molecule has 2 aromatic carbocycles. The molecular formula is C18H19FN2O6S. The van der Waals surface area contributed by atoms with Crippen molar-refractivity contribution in [1.82, 2.24) is 4.31 Å². The van der Waals surface area contributed by atoms with Crippen LogP contribution in [0, 0.1) is 15.9 Å². The fourth-order valence-electron chi connectivity index (χ4n) is 2.84. The standard InChI is InChI=1S/C18H19FN2O6S/c19-14-3-5-15(6-4-14)26-11-12-27-18-8-7-16(13-17(18)21(22)23)28(24,25)20-9-1-2-10-20/h3-8,13H,1-2,9-12H2. The molecule has 150 valence electrons. The molecule has 1 heterocycles. The third-order valence-electron chi connectivity index (χ3n) is 4.25. The van der Waals surface area contributed by atoms with Crippen LogP contribution in [0.15, 0.2) is 47.4 Å². The van der Waals surface area contributed by atoms with E-state index in [4.69, 9.17) is 9.47 Å². The Hall–Kier alpha value is -2.72. The summed E-state index contributed by atoms with van der Waals surface area (Å²) in [6.07, 6.45) is 1.55. The molecule has 0 atom stereocenters. The molecule has 0 amide bonds. The zero-order valence-electron chi connectivity index (χ0n) is 14.9. The smallest absolute Gasteiger partial charge is 0.312 e. The summed E-state index contributed by atoms with van der Waals surface area (Å²) in [7, 11) is -3.76. The van der Waals surface area contributed by atoms with Crippen LogP contribution in [-0.4, -0.2) is 43.9 Å². The summed E-state index contributed by atoms with van der Waals surface area (Å²) in [4.78, 5) is 10.5. The number of hydrogen-bond donors (Lipinski definition) is 0. The zero-order chi connectivity index (χ0) is 20.1. The van der Waals surface area contributed by atoms with Crippen LogP contribution in [0.25, 0.3) is 0 Å². The molecule has 0 N–H and O–H groups in total. The second-order valence-corrected chi connectivity index (χ2v) is 8.09. The fourth-order valence-corrected chi connectivity index (χ4v) is 4.38. The van der Waals surface area contributed by atoms with Gasteiger partial charge in [0.15, 0.2) is 5.75 Å². The molecule has 1 aliphatic rings. The topological polar surface area (TPSA) is 99.0 Å². The Morgan fingerprint density at radius 2 is 1.68 bits per heavy atom. The van der Waals surface area contributed by atoms with E-state index in [2.05, 4.69) is 0 Å². The lowest BCUT2D eigenvalue weighted by Gasteiger charge is -2.16. The number of nitro benzene ring substituents is 1. The minimum Gasteiger partial charge on any atom is -0.490 e. The largest absolute Gasteiger partial charge is 0.490 e. The number of ether oxygens (including phenoxy) is 2. The molecule has 1 aliphatic heterocycles. The molecule has 2 aromatic rings. The third-order valence-corrected chi connectivity index (χ3v) is 6.15. The average Bonchev–Trinajstić information content (AvgIpc) is 3.22. The van der Waals surface area contributed by atoms with Crippen LogP contribution in [0.3, 0.4) is 0 Å². The first kappa shape index (κ1) is 20.0. The van der Waals surface area contributed by atoms with Crippen molar-refractivity contribution in [3.8, 4) is 11.5 Å². The number of sulfonamides is 1. The van der Waals surface area contributed by atoms with E-state index < -0.39 is 20.6 Å². The van der Waals surface area contributed by atoms with Gasteiger partial charge in [-0.1, -0.05) is 0 Å². The maximum absolute atomic E-state index is 12.8. The number of rotatable bonds is 8. The number of benzene rings is 2. The lowest BCUT2D eigenvalue weighted by Crippen LogP contribution is -2.27. The predicted molar refractivity (Wildman–Crippen MR) is 98.5 cm³/mol. The molecule has 0 bridgehead atoms. The Bertz CT molecular complexity index is 943. The van der Waals surface area contributed by atoms with Gasteiger partial charge in [-0.3, -0.25) is 10.1 Å². The molecule has 1 fully saturated rings. The summed E-state index contributed by atoms with van der Waals surface area (Å²) in [6, 6.07) is 9.01. The van der Waals surface area contributed by atoms with Crippen LogP contribution in [-0.2, 0) is 10.0 Å². The van der Waals surface area contributed by atoms with Crippen LogP contribution in [0.2, 0.25) is 0 Å². The van der Waals surface area contributed by atoms with Crippen LogP contribution in [0.4, 0.5) is 10.1 Å². The molecule has 28 heavy (non-hydrogen) atoms. The van der Waals surface area contributed by atoms with Gasteiger partial charge < -0.3 is 9.47 Å². The molecule has 10 heteroatoms. The van der Waals surface area contributed by atoms with Crippen molar-refractivity contribution in [2.45, 2.75) is 17.7 Å². The van der Waals surface area contributed by atoms with Gasteiger partial charge in [0.25, 0.3) is 0 Å². The quantitative estimate of drug-likeness (QED) is 0.377. The lowest BCUT2D eigenvalue weighted by atomic mass is 10.3. The SMILES string of the molecule is O=[N+]([O-])c1cc(S(=O)(=O)N2CCCC2)ccc1OCCOc1ccc(F)cc1. The van der Waals surface area contributed by atoms with Gasteiger partial charge in [-0.25, -0.2) is 12.8 Å². The Morgan fingerprint density at radius 1 is 1.04 bits per heavy atom. The number of nitrogens with zero attached hydrogens (tertiary/aromatic N) is 2. The van der Waals surface area contributed by atoms with E-state index in [1.165, 1.54) is 40.7 Å². The monoisotopic (exact) mass is 410 g/mol. The van der Waals surface area contributed by atoms with Crippen molar-refractivity contribution in [2.75, 3.05) is 26.3 Å². The first-order chi connectivity index (χ1) is 13.4. The van der Waals surface area contributed by atoms with Crippen molar-refractivity contribution in [3.05, 3.63) is 58.4 Å². The first-order valence-electron chi connectivity index (χ1n) is 8.68. The first-order valence-corrected chi connectivity index (χ1v) is 10.1. The second kappa shape index (κ2) is 8.53. The lowest BCUT2D eigenvalue weighted by molar-refractivity contribution is -0.386. The molecule has 3 rings (SSSR count). The van der Waals surface area contributed by atoms with E-state index in [0.717, 1.165) is 18.9 Å². The molecular weight excluding hydrogens is 391 g/mol. The highest BCUT2D eigenvalue weighted by molar-refractivity contribution is 7.89. The van der Waals surface area contributed by atoms with Gasteiger partial charge in [-0.2, -0.15) is 4.31 Å². The van der Waals surface area contributed by atoms with Crippen molar-refractivity contribution in [1.29, 1.82) is 0 Å². The van der Waals surface area contributed by atoms with Gasteiger partial charge in [0, 0.05) is 19.2 Å². The van der Waals surface area contributed by atoms with Gasteiger partial charge in [0.1, 0.15) is 24.8 Å². The summed E-state index contributed by atoms with van der Waals surface area (Å²) in [6.45, 7) is 0.900. The number of nitro groups is 1. The highest BCUT2D eigenvalue weighted by atomic mass is 32.2. The van der Waals surface area contributed by atoms with E-state index in [1.54, 1.807) is 0 Å². The number of halogens is 1. The third kappa shape index (κ3) is 4.57. The van der Waals surface area contributed by atoms with E-state index in [-0.39, 0.29) is 29.7 Å². The Balaban J connectivity index is 1.67. The van der Waals surface area contributed by atoms with Crippen molar-refractivity contribution < 1.29 is 27.2 Å². The second-order valence-electron chi connectivity index (χ2n) is 6.15. The molecule has 0 radical (unpaired) electrons. The summed E-state index contributed by atoms with van der Waals surface area (Å²) in [5, 5.41) is 11.4. The highest BCUT2D eigenvalue weighted by Gasteiger charge is 2.29. The predicted octanol–water partition coefficient (Wildman–Crippen LogP) is 2.98. The summed E-state index contributed by atoms with van der Waals surface area (Å²) >= 11 is 0. The number of hydrogen-bond acceptors (Lipinski definition) is 6. The van der Waals surface area contributed by atoms with E-state index in [1.807, 2.05) is 0 Å². The van der Waals surface area contributed by atoms with E-state index in [9.17, 15) is 22.9 Å². The van der Waals surface area contributed by atoms with E-state index >= 15 is 0 Å². The van der Waals surface area contributed by atoms with Crippen molar-refractivity contribution in [2.24, 2.45) is 0 Å². The average molecular weight is 410 g/mol. The Kier molecular flexibility index (Phi) is 6.10. The van der Waals surface area contributed by atoms with Gasteiger partial charge in [-0.15, -0.1) is 0 Å². The van der Waals surface area contributed by atoms with Gasteiger partial charge in [-0.05, 0) is 49.2 Å². The van der Waals surface area contributed by atoms with Gasteiger partial charge in [0.05, 0.1) is 9.82 Å². The highest BCUT2D eigenvalue weighted by Crippen LogP contribution is 2.31. The van der Waals surface area contributed by atoms with Crippen LogP contribution in [0.1, 0.15) is 12.8 Å². The molecule has 8 nitrogen and oxygen atoms in total. The Morgan fingerprint density at radius 3 is 2.32 bits per heavy atom. The molecule has 0 spiro atoms. The summed E-state index contributed by atoms with van der Waals surface area (Å²) in [5.41, 5.74) is -0.429. The maximum Gasteiger partial charge on any atom is 0.312 e. The molecule has 1 saturated heterocycles. The Labute approximate surface area is 161 Å². The fraction of sp³-hybridized carbons (Fsp3) is 0.333. The minimum atomic E-state index is -3.76. The zero-order valence-corrected chi connectivity index (χ0v) is 15.7. The molecule has 0 aromatic heterocycles. The van der Waals surface area contributed by atoms with Gasteiger partial charge in [0.2, 0.25) is 10.0 Å². The summed E-state index contributed by atoms with van der Waals surface area (Å²) in [5.74, 6) is 0.00262. The minimum absolute atomic E-state index is 0.00353. The van der Waals surface area contributed by atoms with Crippen molar-refractivity contribution in [3.63, 3.8) is 0 Å². The van der Waals surface area contributed by atoms with Crippen LogP contribution < -0.4 is 9.47 Å². The molecule has 0 saturated carbocycles. The van der Waals surface area contributed by atoms with Gasteiger partial charge >= 0.3 is 5.69 Å².